The van der Waals surface area contributed by atoms with Crippen molar-refractivity contribution < 1.29 is 23.5 Å². The highest BCUT2D eigenvalue weighted by molar-refractivity contribution is 6.48. The van der Waals surface area contributed by atoms with Gasteiger partial charge >= 0.3 is 5.97 Å². The van der Waals surface area contributed by atoms with Gasteiger partial charge in [0.2, 0.25) is 0 Å². The molecule has 0 atom stereocenters. The summed E-state index contributed by atoms with van der Waals surface area (Å²) in [4.78, 5) is 36.4. The van der Waals surface area contributed by atoms with Crippen molar-refractivity contribution in [3.63, 3.8) is 0 Å². The maximum absolute atomic E-state index is 12.3. The van der Waals surface area contributed by atoms with Gasteiger partial charge in [0.05, 0.1) is 6.61 Å². The molecule has 6 nitrogen and oxygen atoms in total. The van der Waals surface area contributed by atoms with Crippen LogP contribution in [-0.2, 0) is 30.8 Å². The first-order valence-electron chi connectivity index (χ1n) is 9.57. The van der Waals surface area contributed by atoms with Crippen LogP contribution < -0.4 is 4.74 Å². The minimum absolute atomic E-state index is 0.0185. The SMILES string of the molecule is C[SiH](C)OCc1cc(C(C)(C)C)ccc1OC(=O)CCCN1C(=O)C=CC1=O. The summed E-state index contributed by atoms with van der Waals surface area (Å²) >= 11 is 0. The van der Waals surface area contributed by atoms with Gasteiger partial charge in [-0.15, -0.1) is 0 Å². The van der Waals surface area contributed by atoms with E-state index in [4.69, 9.17) is 9.16 Å². The molecule has 2 amide bonds. The van der Waals surface area contributed by atoms with Crippen LogP contribution in [0.4, 0.5) is 0 Å². The molecule has 0 spiro atoms. The van der Waals surface area contributed by atoms with Gasteiger partial charge < -0.3 is 9.16 Å². The highest BCUT2D eigenvalue weighted by atomic mass is 28.3. The molecular formula is C21H29NO5Si. The van der Waals surface area contributed by atoms with Crippen LogP contribution in [-0.4, -0.2) is 38.3 Å². The number of benzene rings is 1. The van der Waals surface area contributed by atoms with Crippen LogP contribution in [0.5, 0.6) is 5.75 Å². The Balaban J connectivity index is 1.99. The van der Waals surface area contributed by atoms with E-state index in [-0.39, 0.29) is 30.2 Å². The summed E-state index contributed by atoms with van der Waals surface area (Å²) in [5, 5.41) is 0. The van der Waals surface area contributed by atoms with Crippen LogP contribution >= 0.6 is 0 Å². The van der Waals surface area contributed by atoms with Crippen molar-refractivity contribution in [2.75, 3.05) is 6.54 Å². The average molecular weight is 404 g/mol. The van der Waals surface area contributed by atoms with Gasteiger partial charge in [-0.25, -0.2) is 0 Å². The number of carbonyl (C=O) groups is 3. The topological polar surface area (TPSA) is 72.9 Å². The Bertz CT molecular complexity index is 761. The molecule has 1 aliphatic heterocycles. The van der Waals surface area contributed by atoms with Crippen LogP contribution in [0.1, 0.15) is 44.7 Å². The van der Waals surface area contributed by atoms with Crippen molar-refractivity contribution in [2.45, 2.75) is 58.7 Å². The van der Waals surface area contributed by atoms with Gasteiger partial charge in [0, 0.05) is 30.7 Å². The third-order valence-electron chi connectivity index (χ3n) is 4.39. The van der Waals surface area contributed by atoms with E-state index in [0.717, 1.165) is 16.0 Å². The highest BCUT2D eigenvalue weighted by Crippen LogP contribution is 2.29. The Hall–Kier alpha value is -2.25. The summed E-state index contributed by atoms with van der Waals surface area (Å²) in [5.74, 6) is -0.567. The highest BCUT2D eigenvalue weighted by Gasteiger charge is 2.23. The number of imide groups is 1. The average Bonchev–Trinajstić information content (AvgIpc) is 2.91. The minimum Gasteiger partial charge on any atom is -0.426 e. The largest absolute Gasteiger partial charge is 0.426 e. The molecule has 0 aromatic heterocycles. The standard InChI is InChI=1S/C21H29NO5Si/c1-21(2,3)16-8-9-17(15(13-16)14-26-28(4)5)27-20(25)7-6-12-22-18(23)10-11-19(22)24/h8-11,13,28H,6-7,12,14H2,1-5H3. The van der Waals surface area contributed by atoms with E-state index in [0.29, 0.717) is 18.8 Å². The van der Waals surface area contributed by atoms with E-state index in [9.17, 15) is 14.4 Å². The van der Waals surface area contributed by atoms with E-state index in [1.807, 2.05) is 18.2 Å². The molecule has 0 fully saturated rings. The van der Waals surface area contributed by atoms with Crippen molar-refractivity contribution in [3.05, 3.63) is 41.5 Å². The van der Waals surface area contributed by atoms with Crippen LogP contribution in [0.3, 0.4) is 0 Å². The normalized spacial score (nSPS) is 14.3. The summed E-state index contributed by atoms with van der Waals surface area (Å²) in [6.07, 6.45) is 2.96. The van der Waals surface area contributed by atoms with Gasteiger partial charge in [-0.05, 0) is 42.6 Å². The first kappa shape index (κ1) is 22.0. The van der Waals surface area contributed by atoms with Crippen LogP contribution in [0, 0.1) is 0 Å². The Morgan fingerprint density at radius 2 is 1.75 bits per heavy atom. The fourth-order valence-corrected chi connectivity index (χ4v) is 3.23. The molecule has 0 saturated heterocycles. The smallest absolute Gasteiger partial charge is 0.311 e. The minimum atomic E-state index is -1.21. The molecule has 2 rings (SSSR count). The van der Waals surface area contributed by atoms with Crippen molar-refractivity contribution in [1.29, 1.82) is 0 Å². The third kappa shape index (κ3) is 6.14. The van der Waals surface area contributed by atoms with Crippen molar-refractivity contribution in [1.82, 2.24) is 4.90 Å². The lowest BCUT2D eigenvalue weighted by atomic mass is 9.86. The van der Waals surface area contributed by atoms with E-state index >= 15 is 0 Å². The number of ether oxygens (including phenoxy) is 1. The van der Waals surface area contributed by atoms with Crippen molar-refractivity contribution in [2.24, 2.45) is 0 Å². The van der Waals surface area contributed by atoms with Gasteiger partial charge in [0.15, 0.2) is 9.04 Å². The lowest BCUT2D eigenvalue weighted by Gasteiger charge is -2.21. The number of rotatable bonds is 8. The van der Waals surface area contributed by atoms with Gasteiger partial charge in [-0.2, -0.15) is 0 Å². The molecule has 1 aromatic rings. The zero-order chi connectivity index (χ0) is 20.9. The molecule has 0 N–H and O–H groups in total. The lowest BCUT2D eigenvalue weighted by molar-refractivity contribution is -0.139. The number of amides is 2. The maximum atomic E-state index is 12.3. The van der Waals surface area contributed by atoms with E-state index in [1.54, 1.807) is 0 Å². The summed E-state index contributed by atoms with van der Waals surface area (Å²) in [6.45, 7) is 11.2. The molecule has 7 heteroatoms. The van der Waals surface area contributed by atoms with Gasteiger partial charge in [-0.1, -0.05) is 26.8 Å². The summed E-state index contributed by atoms with van der Waals surface area (Å²) in [6, 6.07) is 5.81. The summed E-state index contributed by atoms with van der Waals surface area (Å²) < 4.78 is 11.4. The zero-order valence-corrected chi connectivity index (χ0v) is 18.4. The first-order valence-corrected chi connectivity index (χ1v) is 12.3. The predicted octanol–water partition coefficient (Wildman–Crippen LogP) is 3.09. The Kier molecular flexibility index (Phi) is 7.32. The van der Waals surface area contributed by atoms with Crippen molar-refractivity contribution in [3.8, 4) is 5.75 Å². The van der Waals surface area contributed by atoms with Crippen LogP contribution in [0.25, 0.3) is 0 Å². The number of carbonyl (C=O) groups excluding carboxylic acids is 3. The quantitative estimate of drug-likeness (QED) is 0.289. The second-order valence-corrected chi connectivity index (χ2v) is 10.6. The second kappa shape index (κ2) is 9.30. The first-order chi connectivity index (χ1) is 13.1. The number of esters is 1. The molecule has 0 aliphatic carbocycles. The molecule has 0 radical (unpaired) electrons. The molecule has 28 heavy (non-hydrogen) atoms. The molecule has 1 aromatic carbocycles. The Morgan fingerprint density at radius 1 is 1.11 bits per heavy atom. The van der Waals surface area contributed by atoms with Gasteiger partial charge in [-0.3, -0.25) is 19.3 Å². The summed E-state index contributed by atoms with van der Waals surface area (Å²) in [5.41, 5.74) is 1.99. The van der Waals surface area contributed by atoms with Crippen LogP contribution in [0.2, 0.25) is 13.1 Å². The third-order valence-corrected chi connectivity index (χ3v) is 5.22. The fraction of sp³-hybridized carbons (Fsp3) is 0.476. The molecular weight excluding hydrogens is 374 g/mol. The summed E-state index contributed by atoms with van der Waals surface area (Å²) in [7, 11) is -1.21. The molecule has 0 unspecified atom stereocenters. The molecule has 1 aliphatic rings. The number of hydrogen-bond donors (Lipinski definition) is 0. The monoisotopic (exact) mass is 403 g/mol. The molecule has 1 heterocycles. The second-order valence-electron chi connectivity index (χ2n) is 8.17. The number of hydrogen-bond acceptors (Lipinski definition) is 5. The van der Waals surface area contributed by atoms with Gasteiger partial charge in [0.1, 0.15) is 5.75 Å². The molecule has 152 valence electrons. The molecule has 0 bridgehead atoms. The Labute approximate surface area is 168 Å². The van der Waals surface area contributed by atoms with Crippen molar-refractivity contribution >= 4 is 26.8 Å². The van der Waals surface area contributed by atoms with Crippen LogP contribution in [0.15, 0.2) is 30.4 Å². The van der Waals surface area contributed by atoms with E-state index in [1.165, 1.54) is 12.2 Å². The van der Waals surface area contributed by atoms with E-state index in [2.05, 4.69) is 33.9 Å². The number of nitrogens with zero attached hydrogens (tertiary/aromatic N) is 1. The van der Waals surface area contributed by atoms with Gasteiger partial charge in [0.25, 0.3) is 11.8 Å². The predicted molar refractivity (Wildman–Crippen MR) is 110 cm³/mol. The molecule has 0 saturated carbocycles. The lowest BCUT2D eigenvalue weighted by Crippen LogP contribution is -2.31. The Morgan fingerprint density at radius 3 is 2.32 bits per heavy atom. The van der Waals surface area contributed by atoms with E-state index < -0.39 is 15.0 Å². The fourth-order valence-electron chi connectivity index (χ4n) is 2.72. The maximum Gasteiger partial charge on any atom is 0.311 e. The zero-order valence-electron chi connectivity index (χ0n) is 17.3.